The van der Waals surface area contributed by atoms with Crippen molar-refractivity contribution < 1.29 is 5.11 Å². The molecule has 5 heteroatoms. The monoisotopic (exact) mass is 308 g/mol. The second-order valence-corrected chi connectivity index (χ2v) is 7.24. The van der Waals surface area contributed by atoms with E-state index in [1.807, 2.05) is 0 Å². The number of hydrogen-bond acceptors (Lipinski definition) is 4. The topological polar surface area (TPSA) is 53.3 Å². The number of rotatable bonds is 6. The minimum absolute atomic E-state index is 0.0917. The molecule has 2 N–H and O–H groups in total. The molecule has 0 saturated heterocycles. The molecule has 1 aliphatic carbocycles. The van der Waals surface area contributed by atoms with Gasteiger partial charge in [0.25, 0.3) is 0 Å². The molecule has 1 aromatic heterocycles. The van der Waals surface area contributed by atoms with Crippen molar-refractivity contribution in [3.8, 4) is 0 Å². The second kappa shape index (κ2) is 7.47. The van der Waals surface area contributed by atoms with Gasteiger partial charge in [-0.3, -0.25) is 0 Å². The van der Waals surface area contributed by atoms with Crippen molar-refractivity contribution in [2.45, 2.75) is 71.7 Å². The van der Waals surface area contributed by atoms with Crippen molar-refractivity contribution >= 4 is 5.82 Å². The smallest absolute Gasteiger partial charge is 0.131 e. The van der Waals surface area contributed by atoms with Crippen molar-refractivity contribution in [3.63, 3.8) is 0 Å². The molecule has 0 radical (unpaired) electrons. The number of anilines is 1. The van der Waals surface area contributed by atoms with E-state index in [1.165, 1.54) is 11.4 Å². The van der Waals surface area contributed by atoms with Gasteiger partial charge in [0.05, 0.1) is 11.8 Å². The normalized spacial score (nSPS) is 22.3. The van der Waals surface area contributed by atoms with Crippen LogP contribution in [0.3, 0.4) is 0 Å². The lowest BCUT2D eigenvalue weighted by Crippen LogP contribution is -2.34. The van der Waals surface area contributed by atoms with Crippen molar-refractivity contribution in [2.24, 2.45) is 5.92 Å². The molecule has 1 heterocycles. The van der Waals surface area contributed by atoms with Crippen molar-refractivity contribution in [2.75, 3.05) is 19.0 Å². The molecule has 0 aliphatic heterocycles. The summed E-state index contributed by atoms with van der Waals surface area (Å²) in [5.41, 5.74) is 2.42. The first-order valence-electron chi connectivity index (χ1n) is 8.53. The zero-order valence-electron chi connectivity index (χ0n) is 14.8. The average molecular weight is 308 g/mol. The maximum atomic E-state index is 9.61. The summed E-state index contributed by atoms with van der Waals surface area (Å²) in [5, 5.41) is 18.0. The molecule has 0 atom stereocenters. The maximum absolute atomic E-state index is 9.61. The van der Waals surface area contributed by atoms with Crippen LogP contribution in [0.15, 0.2) is 0 Å². The minimum Gasteiger partial charge on any atom is -0.393 e. The highest BCUT2D eigenvalue weighted by molar-refractivity contribution is 5.49. The van der Waals surface area contributed by atoms with Gasteiger partial charge in [0, 0.05) is 38.8 Å². The lowest BCUT2D eigenvalue weighted by Gasteiger charge is -2.27. The zero-order chi connectivity index (χ0) is 16.3. The fraction of sp³-hybridized carbons (Fsp3) is 0.824. The van der Waals surface area contributed by atoms with Gasteiger partial charge >= 0.3 is 0 Å². The molecule has 2 rings (SSSR count). The fourth-order valence-corrected chi connectivity index (χ4v) is 3.31. The average Bonchev–Trinajstić information content (AvgIpc) is 2.73. The van der Waals surface area contributed by atoms with E-state index in [2.05, 4.69) is 49.8 Å². The first-order valence-corrected chi connectivity index (χ1v) is 8.53. The minimum atomic E-state index is -0.0917. The van der Waals surface area contributed by atoms with Crippen molar-refractivity contribution in [1.29, 1.82) is 0 Å². The lowest BCUT2D eigenvalue weighted by molar-refractivity contribution is 0.116. The number of nitrogens with one attached hydrogen (secondary N) is 1. The van der Waals surface area contributed by atoms with Crippen molar-refractivity contribution in [3.05, 3.63) is 11.3 Å². The van der Waals surface area contributed by atoms with E-state index in [1.54, 1.807) is 0 Å². The Morgan fingerprint density at radius 3 is 2.45 bits per heavy atom. The van der Waals surface area contributed by atoms with Crippen LogP contribution < -0.4 is 10.2 Å². The van der Waals surface area contributed by atoms with Crippen LogP contribution in [0, 0.1) is 12.8 Å². The molecule has 1 saturated carbocycles. The number of aromatic nitrogens is 2. The summed E-state index contributed by atoms with van der Waals surface area (Å²) in [6.07, 6.45) is 3.88. The number of aliphatic hydroxyl groups excluding tert-OH is 1. The zero-order valence-corrected chi connectivity index (χ0v) is 14.8. The Hall–Kier alpha value is -1.07. The van der Waals surface area contributed by atoms with Gasteiger partial charge in [-0.05, 0) is 38.5 Å². The summed E-state index contributed by atoms with van der Waals surface area (Å²) >= 11 is 0. The van der Waals surface area contributed by atoms with Gasteiger partial charge in [0.2, 0.25) is 0 Å². The molecule has 22 heavy (non-hydrogen) atoms. The van der Waals surface area contributed by atoms with E-state index >= 15 is 0 Å². The van der Waals surface area contributed by atoms with E-state index in [0.717, 1.165) is 44.5 Å². The summed E-state index contributed by atoms with van der Waals surface area (Å²) in [6.45, 7) is 8.36. The summed E-state index contributed by atoms with van der Waals surface area (Å²) in [5.74, 6) is 1.80. The molecule has 0 amide bonds. The van der Waals surface area contributed by atoms with E-state index in [4.69, 9.17) is 5.10 Å². The molecule has 1 aromatic rings. The Labute approximate surface area is 134 Å². The Morgan fingerprint density at radius 1 is 1.27 bits per heavy atom. The first-order chi connectivity index (χ1) is 10.4. The Morgan fingerprint density at radius 2 is 1.91 bits per heavy atom. The van der Waals surface area contributed by atoms with Crippen LogP contribution in [0.2, 0.25) is 0 Å². The number of aliphatic hydroxyl groups is 1. The van der Waals surface area contributed by atoms with Gasteiger partial charge < -0.3 is 15.3 Å². The molecule has 0 unspecified atom stereocenters. The molecule has 5 nitrogen and oxygen atoms in total. The van der Waals surface area contributed by atoms with Crippen LogP contribution in [0.25, 0.3) is 0 Å². The highest BCUT2D eigenvalue weighted by Gasteiger charge is 2.21. The number of hydrogen-bond donors (Lipinski definition) is 2. The third kappa shape index (κ3) is 4.23. The van der Waals surface area contributed by atoms with Crippen LogP contribution >= 0.6 is 0 Å². The predicted molar refractivity (Wildman–Crippen MR) is 91.2 cm³/mol. The van der Waals surface area contributed by atoms with Crippen LogP contribution in [-0.4, -0.2) is 41.1 Å². The van der Waals surface area contributed by atoms with Crippen LogP contribution in [0.1, 0.15) is 50.8 Å². The Kier molecular flexibility index (Phi) is 5.87. The quantitative estimate of drug-likeness (QED) is 0.847. The van der Waals surface area contributed by atoms with E-state index in [9.17, 15) is 5.11 Å². The van der Waals surface area contributed by atoms with Gasteiger partial charge in [-0.2, -0.15) is 5.10 Å². The maximum Gasteiger partial charge on any atom is 0.131 e. The molecule has 0 spiro atoms. The second-order valence-electron chi connectivity index (χ2n) is 7.24. The molecule has 0 bridgehead atoms. The largest absolute Gasteiger partial charge is 0.393 e. The van der Waals surface area contributed by atoms with E-state index < -0.39 is 0 Å². The molecular formula is C17H32N4O. The van der Waals surface area contributed by atoms with Gasteiger partial charge in [-0.25, -0.2) is 4.68 Å². The van der Waals surface area contributed by atoms with Gasteiger partial charge in [-0.1, -0.05) is 13.8 Å². The van der Waals surface area contributed by atoms with Crippen molar-refractivity contribution in [1.82, 2.24) is 15.1 Å². The molecule has 0 aromatic carbocycles. The predicted octanol–water partition coefficient (Wildman–Crippen LogP) is 2.31. The lowest BCUT2D eigenvalue weighted by atomic mass is 9.93. The summed E-state index contributed by atoms with van der Waals surface area (Å²) in [6, 6.07) is 0.520. The number of nitrogens with zero attached hydrogens (tertiary/aromatic N) is 3. The molecule has 1 fully saturated rings. The molecule has 126 valence electrons. The summed E-state index contributed by atoms with van der Waals surface area (Å²) in [7, 11) is 4.18. The SMILES string of the molecule is Cc1nn(CC(C)C)c(N(C)C)c1CNC1CCC(O)CC1. The van der Waals surface area contributed by atoms with Crippen LogP contribution in [-0.2, 0) is 13.1 Å². The van der Waals surface area contributed by atoms with Gasteiger partial charge in [0.15, 0.2) is 0 Å². The highest BCUT2D eigenvalue weighted by atomic mass is 16.3. The van der Waals surface area contributed by atoms with Gasteiger partial charge in [0.1, 0.15) is 5.82 Å². The summed E-state index contributed by atoms with van der Waals surface area (Å²) in [4.78, 5) is 2.17. The molecular weight excluding hydrogens is 276 g/mol. The van der Waals surface area contributed by atoms with Crippen LogP contribution in [0.4, 0.5) is 5.82 Å². The third-order valence-corrected chi connectivity index (χ3v) is 4.45. The highest BCUT2D eigenvalue weighted by Crippen LogP contribution is 2.25. The third-order valence-electron chi connectivity index (χ3n) is 4.45. The first kappa shape index (κ1) is 17.3. The van der Waals surface area contributed by atoms with E-state index in [0.29, 0.717) is 12.0 Å². The van der Waals surface area contributed by atoms with Gasteiger partial charge in [-0.15, -0.1) is 0 Å². The fourth-order valence-electron chi connectivity index (χ4n) is 3.31. The Balaban J connectivity index is 2.07. The van der Waals surface area contributed by atoms with Crippen LogP contribution in [0.5, 0.6) is 0 Å². The standard InChI is InChI=1S/C17H32N4O/c1-12(2)11-21-17(20(4)5)16(13(3)19-21)10-18-14-6-8-15(22)9-7-14/h12,14-15,18,22H,6-11H2,1-5H3. The van der Waals surface area contributed by atoms with E-state index in [-0.39, 0.29) is 6.10 Å². The molecule has 1 aliphatic rings. The number of aryl methyl sites for hydroxylation is 1. The Bertz CT molecular complexity index is 473. The summed E-state index contributed by atoms with van der Waals surface area (Å²) < 4.78 is 2.14.